The van der Waals surface area contributed by atoms with Gasteiger partial charge in [0.05, 0.1) is 17.4 Å². The van der Waals surface area contributed by atoms with E-state index in [4.69, 9.17) is 5.73 Å². The molecule has 4 rings (SSSR count). The first-order valence-corrected chi connectivity index (χ1v) is 10.6. The number of rotatable bonds is 4. The van der Waals surface area contributed by atoms with Gasteiger partial charge in [-0.15, -0.1) is 0 Å². The average molecular weight is 456 g/mol. The molecule has 2 heterocycles. The molecule has 1 aromatic carbocycles. The number of carbonyl (C=O) groups is 1. The Morgan fingerprint density at radius 2 is 1.85 bits per heavy atom. The van der Waals surface area contributed by atoms with E-state index in [1.807, 2.05) is 6.07 Å². The molecular weight excluding hydrogens is 433 g/mol. The Morgan fingerprint density at radius 3 is 2.61 bits per heavy atom. The molecule has 0 saturated heterocycles. The van der Waals surface area contributed by atoms with Crippen molar-refractivity contribution < 1.29 is 23.1 Å². The lowest BCUT2D eigenvalue weighted by Crippen LogP contribution is -2.31. The normalized spacial score (nSPS) is 20.5. The molecule has 1 aliphatic rings. The summed E-state index contributed by atoms with van der Waals surface area (Å²) < 4.78 is 42.9. The molecule has 3 atom stereocenters. The Bertz CT molecular complexity index is 1190. The topological polar surface area (TPSA) is 101 Å². The Morgan fingerprint density at radius 1 is 1.09 bits per heavy atom. The summed E-state index contributed by atoms with van der Waals surface area (Å²) in [5.41, 5.74) is 5.72. The maximum absolute atomic E-state index is 14.4. The third-order valence-electron chi connectivity index (χ3n) is 5.91. The summed E-state index contributed by atoms with van der Waals surface area (Å²) in [6.07, 6.45) is 5.77. The molecular formula is C24H23F3N4O2. The zero-order valence-corrected chi connectivity index (χ0v) is 17.9. The van der Waals surface area contributed by atoms with Crippen molar-refractivity contribution in [2.24, 2.45) is 11.7 Å². The van der Waals surface area contributed by atoms with Gasteiger partial charge in [-0.25, -0.2) is 18.2 Å². The van der Waals surface area contributed by atoms with E-state index in [9.17, 15) is 23.1 Å². The van der Waals surface area contributed by atoms with Crippen LogP contribution in [-0.2, 0) is 0 Å². The van der Waals surface area contributed by atoms with Crippen LogP contribution < -0.4 is 11.1 Å². The second-order valence-corrected chi connectivity index (χ2v) is 8.47. The number of hydrogen-bond donors (Lipinski definition) is 3. The molecule has 1 amide bonds. The number of halogens is 3. The van der Waals surface area contributed by atoms with Gasteiger partial charge in [-0.05, 0) is 67.0 Å². The number of phenolic OH excluding ortho intramolecular Hbond substituents is 1. The average Bonchev–Trinajstić information content (AvgIpc) is 2.77. The molecule has 1 saturated carbocycles. The van der Waals surface area contributed by atoms with E-state index < -0.39 is 40.4 Å². The monoisotopic (exact) mass is 456 g/mol. The standard InChI is InChI=1S/C24H23F3N4O2/c1-12-8-13(10-14(28)9-12)15-6-7-29-11-19(15)31-24(33)18-4-2-17(26)23(30-18)21-16(25)3-5-20(32)22(21)27/h2-7,11-14,32H,8-10,28H2,1H3,(H,31,33)/t12-,13+,14-/m0/s1. The van der Waals surface area contributed by atoms with Crippen LogP contribution in [-0.4, -0.2) is 27.0 Å². The molecule has 3 aromatic rings. The van der Waals surface area contributed by atoms with E-state index in [-0.39, 0.29) is 17.7 Å². The minimum absolute atomic E-state index is 0.0591. The van der Waals surface area contributed by atoms with Crippen LogP contribution in [0.1, 0.15) is 48.2 Å². The highest BCUT2D eigenvalue weighted by Gasteiger charge is 2.28. The number of nitrogens with one attached hydrogen (secondary N) is 1. The Hall–Kier alpha value is -3.46. The fraction of sp³-hybridized carbons (Fsp3) is 0.292. The van der Waals surface area contributed by atoms with Crippen LogP contribution in [0.15, 0.2) is 42.7 Å². The minimum Gasteiger partial charge on any atom is -0.505 e. The number of nitrogens with zero attached hydrogens (tertiary/aromatic N) is 2. The van der Waals surface area contributed by atoms with Crippen LogP contribution in [0.5, 0.6) is 5.75 Å². The fourth-order valence-electron chi connectivity index (χ4n) is 4.47. The van der Waals surface area contributed by atoms with Gasteiger partial charge in [0.1, 0.15) is 23.0 Å². The van der Waals surface area contributed by atoms with Gasteiger partial charge in [-0.1, -0.05) is 6.92 Å². The van der Waals surface area contributed by atoms with Gasteiger partial charge in [0, 0.05) is 12.2 Å². The molecule has 33 heavy (non-hydrogen) atoms. The first-order chi connectivity index (χ1) is 15.7. The van der Waals surface area contributed by atoms with E-state index in [0.29, 0.717) is 11.6 Å². The van der Waals surface area contributed by atoms with Gasteiger partial charge in [0.15, 0.2) is 11.6 Å². The quantitative estimate of drug-likeness (QED) is 0.526. The molecule has 1 aliphatic carbocycles. The maximum atomic E-state index is 14.4. The molecule has 1 fully saturated rings. The van der Waals surface area contributed by atoms with Crippen molar-refractivity contribution in [3.8, 4) is 17.0 Å². The highest BCUT2D eigenvalue weighted by atomic mass is 19.1. The van der Waals surface area contributed by atoms with Crippen molar-refractivity contribution >= 4 is 11.6 Å². The van der Waals surface area contributed by atoms with Crippen molar-refractivity contribution in [2.75, 3.05) is 5.32 Å². The zero-order valence-electron chi connectivity index (χ0n) is 17.9. The molecule has 0 unspecified atom stereocenters. The largest absolute Gasteiger partial charge is 0.505 e. The summed E-state index contributed by atoms with van der Waals surface area (Å²) in [7, 11) is 0. The number of pyridine rings is 2. The van der Waals surface area contributed by atoms with E-state index >= 15 is 0 Å². The number of carbonyl (C=O) groups excluding carboxylic acids is 1. The number of nitrogens with two attached hydrogens (primary N) is 1. The van der Waals surface area contributed by atoms with Crippen LogP contribution in [0.2, 0.25) is 0 Å². The van der Waals surface area contributed by atoms with Crippen LogP contribution in [0.3, 0.4) is 0 Å². The lowest BCUT2D eigenvalue weighted by molar-refractivity contribution is 0.102. The Balaban J connectivity index is 1.65. The van der Waals surface area contributed by atoms with Gasteiger partial charge in [0.2, 0.25) is 0 Å². The van der Waals surface area contributed by atoms with E-state index in [1.165, 1.54) is 6.20 Å². The number of amides is 1. The van der Waals surface area contributed by atoms with E-state index in [0.717, 1.165) is 49.1 Å². The van der Waals surface area contributed by atoms with Crippen molar-refractivity contribution in [1.29, 1.82) is 0 Å². The second-order valence-electron chi connectivity index (χ2n) is 8.47. The third kappa shape index (κ3) is 4.68. The van der Waals surface area contributed by atoms with Crippen LogP contribution >= 0.6 is 0 Å². The Labute approximate surface area is 188 Å². The SMILES string of the molecule is C[C@@H]1C[C@H](N)C[C@H](c2ccncc2NC(=O)c2ccc(F)c(-c3c(F)ccc(O)c3F)n2)C1. The molecule has 0 spiro atoms. The summed E-state index contributed by atoms with van der Waals surface area (Å²) >= 11 is 0. The zero-order chi connectivity index (χ0) is 23.7. The predicted molar refractivity (Wildman–Crippen MR) is 117 cm³/mol. The van der Waals surface area contributed by atoms with E-state index in [1.54, 1.807) is 6.20 Å². The van der Waals surface area contributed by atoms with Gasteiger partial charge < -0.3 is 16.2 Å². The molecule has 9 heteroatoms. The molecule has 0 radical (unpaired) electrons. The summed E-state index contributed by atoms with van der Waals surface area (Å²) in [4.78, 5) is 20.9. The predicted octanol–water partition coefficient (Wildman–Crippen LogP) is 4.75. The molecule has 4 N–H and O–H groups in total. The van der Waals surface area contributed by atoms with Gasteiger partial charge in [-0.2, -0.15) is 0 Å². The Kier molecular flexibility index (Phi) is 6.33. The number of phenols is 1. The van der Waals surface area contributed by atoms with Crippen LogP contribution in [0.4, 0.5) is 18.9 Å². The third-order valence-corrected chi connectivity index (χ3v) is 5.91. The molecule has 2 aromatic heterocycles. The number of aromatic hydroxyl groups is 1. The summed E-state index contributed by atoms with van der Waals surface area (Å²) in [6.45, 7) is 2.13. The van der Waals surface area contributed by atoms with Crippen molar-refractivity contribution in [3.63, 3.8) is 0 Å². The smallest absolute Gasteiger partial charge is 0.274 e. The lowest BCUT2D eigenvalue weighted by Gasteiger charge is -2.32. The molecule has 0 bridgehead atoms. The molecule has 172 valence electrons. The lowest BCUT2D eigenvalue weighted by atomic mass is 9.76. The molecule has 0 aliphatic heterocycles. The second kappa shape index (κ2) is 9.19. The summed E-state index contributed by atoms with van der Waals surface area (Å²) in [6, 6.07) is 5.49. The number of hydrogen-bond acceptors (Lipinski definition) is 5. The van der Waals surface area contributed by atoms with Gasteiger partial charge >= 0.3 is 0 Å². The highest BCUT2D eigenvalue weighted by molar-refractivity contribution is 6.03. The summed E-state index contributed by atoms with van der Waals surface area (Å²) in [5.74, 6) is -4.51. The van der Waals surface area contributed by atoms with Crippen LogP contribution in [0.25, 0.3) is 11.3 Å². The summed E-state index contributed by atoms with van der Waals surface area (Å²) in [5, 5.41) is 12.3. The first-order valence-electron chi connectivity index (χ1n) is 10.6. The van der Waals surface area contributed by atoms with Gasteiger partial charge in [0.25, 0.3) is 5.91 Å². The number of anilines is 1. The number of aromatic nitrogens is 2. The van der Waals surface area contributed by atoms with Crippen molar-refractivity contribution in [3.05, 3.63) is 71.4 Å². The van der Waals surface area contributed by atoms with E-state index in [2.05, 4.69) is 22.2 Å². The first kappa shape index (κ1) is 22.7. The minimum atomic E-state index is -1.36. The van der Waals surface area contributed by atoms with Crippen molar-refractivity contribution in [2.45, 2.75) is 38.1 Å². The van der Waals surface area contributed by atoms with Crippen LogP contribution in [0, 0.1) is 23.4 Å². The van der Waals surface area contributed by atoms with Gasteiger partial charge in [-0.3, -0.25) is 9.78 Å². The highest BCUT2D eigenvalue weighted by Crippen LogP contribution is 2.38. The molecule has 6 nitrogen and oxygen atoms in total. The van der Waals surface area contributed by atoms with Crippen molar-refractivity contribution in [1.82, 2.24) is 9.97 Å². The fourth-order valence-corrected chi connectivity index (χ4v) is 4.47. The maximum Gasteiger partial charge on any atom is 0.274 e. The number of benzene rings is 1.